The van der Waals surface area contributed by atoms with E-state index in [1.54, 1.807) is 0 Å². The van der Waals surface area contributed by atoms with E-state index in [1.165, 1.54) is 19.3 Å². The topological polar surface area (TPSA) is 67.2 Å². The number of rotatable bonds is 5. The molecule has 1 saturated heterocycles. The number of hydrogen-bond acceptors (Lipinski definition) is 4. The SMILES string of the molecule is O=C(CCC1CCNC1)Nc1ccc2oc(C3CC3)nc2c1. The van der Waals surface area contributed by atoms with E-state index in [-0.39, 0.29) is 5.91 Å². The van der Waals surface area contributed by atoms with Crippen molar-refractivity contribution in [3.05, 3.63) is 24.1 Å². The normalized spacial score (nSPS) is 21.4. The standard InChI is InChI=1S/C17H21N3O2/c21-16(6-1-11-7-8-18-10-11)19-13-4-5-15-14(9-13)20-17(22-15)12-2-3-12/h4-5,9,11-12,18H,1-3,6-8,10H2,(H,19,21). The highest BCUT2D eigenvalue weighted by Crippen LogP contribution is 2.40. The molecule has 1 aromatic carbocycles. The third-order valence-electron chi connectivity index (χ3n) is 4.56. The number of anilines is 1. The zero-order valence-corrected chi connectivity index (χ0v) is 12.6. The van der Waals surface area contributed by atoms with Crippen LogP contribution in [0.1, 0.15) is 43.9 Å². The van der Waals surface area contributed by atoms with Gasteiger partial charge in [-0.3, -0.25) is 4.79 Å². The van der Waals surface area contributed by atoms with Crippen molar-refractivity contribution >= 4 is 22.7 Å². The van der Waals surface area contributed by atoms with E-state index in [4.69, 9.17) is 4.42 Å². The summed E-state index contributed by atoms with van der Waals surface area (Å²) in [6, 6.07) is 5.68. The fraction of sp³-hybridized carbons (Fsp3) is 0.529. The molecule has 1 saturated carbocycles. The molecule has 2 aliphatic rings. The summed E-state index contributed by atoms with van der Waals surface area (Å²) in [5, 5.41) is 6.30. The molecule has 4 rings (SSSR count). The quantitative estimate of drug-likeness (QED) is 0.890. The van der Waals surface area contributed by atoms with Crippen LogP contribution < -0.4 is 10.6 Å². The minimum atomic E-state index is 0.0807. The molecule has 22 heavy (non-hydrogen) atoms. The van der Waals surface area contributed by atoms with E-state index >= 15 is 0 Å². The lowest BCUT2D eigenvalue weighted by molar-refractivity contribution is -0.116. The lowest BCUT2D eigenvalue weighted by Crippen LogP contribution is -2.14. The molecule has 1 amide bonds. The van der Waals surface area contributed by atoms with Gasteiger partial charge in [0.2, 0.25) is 5.91 Å². The first-order chi connectivity index (χ1) is 10.8. The number of carbonyl (C=O) groups is 1. The van der Waals surface area contributed by atoms with Gasteiger partial charge in [-0.1, -0.05) is 0 Å². The van der Waals surface area contributed by atoms with E-state index in [1.807, 2.05) is 18.2 Å². The summed E-state index contributed by atoms with van der Waals surface area (Å²) in [5.41, 5.74) is 2.44. The maximum Gasteiger partial charge on any atom is 0.224 e. The Labute approximate surface area is 129 Å². The number of amides is 1. The van der Waals surface area contributed by atoms with E-state index < -0.39 is 0 Å². The van der Waals surface area contributed by atoms with Crippen LogP contribution >= 0.6 is 0 Å². The van der Waals surface area contributed by atoms with Crippen molar-refractivity contribution < 1.29 is 9.21 Å². The molecule has 5 nitrogen and oxygen atoms in total. The van der Waals surface area contributed by atoms with Gasteiger partial charge in [0.1, 0.15) is 5.52 Å². The summed E-state index contributed by atoms with van der Waals surface area (Å²) in [6.45, 7) is 2.13. The smallest absolute Gasteiger partial charge is 0.224 e. The first kappa shape index (κ1) is 13.8. The molecule has 0 radical (unpaired) electrons. The lowest BCUT2D eigenvalue weighted by Gasteiger charge is -2.08. The molecule has 2 N–H and O–H groups in total. The second-order valence-corrected chi connectivity index (χ2v) is 6.45. The Hall–Kier alpha value is -1.88. The van der Waals surface area contributed by atoms with Crippen molar-refractivity contribution in [3.8, 4) is 0 Å². The average molecular weight is 299 g/mol. The number of oxazole rings is 1. The minimum Gasteiger partial charge on any atom is -0.440 e. The van der Waals surface area contributed by atoms with Crippen molar-refractivity contribution in [3.63, 3.8) is 0 Å². The Morgan fingerprint density at radius 1 is 1.36 bits per heavy atom. The van der Waals surface area contributed by atoms with Crippen LogP contribution in [0.2, 0.25) is 0 Å². The highest BCUT2D eigenvalue weighted by molar-refractivity contribution is 5.92. The minimum absolute atomic E-state index is 0.0807. The molecular weight excluding hydrogens is 278 g/mol. The van der Waals surface area contributed by atoms with Gasteiger partial charge in [0.25, 0.3) is 0 Å². The predicted octanol–water partition coefficient (Wildman–Crippen LogP) is 3.03. The van der Waals surface area contributed by atoms with E-state index in [0.29, 0.717) is 18.3 Å². The summed E-state index contributed by atoms with van der Waals surface area (Å²) in [5.74, 6) is 2.07. The number of benzene rings is 1. The molecule has 2 fully saturated rings. The van der Waals surface area contributed by atoms with E-state index in [0.717, 1.165) is 42.2 Å². The van der Waals surface area contributed by atoms with Gasteiger partial charge >= 0.3 is 0 Å². The molecule has 1 aromatic heterocycles. The third-order valence-corrected chi connectivity index (χ3v) is 4.56. The van der Waals surface area contributed by atoms with E-state index in [9.17, 15) is 4.79 Å². The highest BCUT2D eigenvalue weighted by Gasteiger charge is 2.28. The van der Waals surface area contributed by atoms with Gasteiger partial charge in [-0.15, -0.1) is 0 Å². The van der Waals surface area contributed by atoms with Crippen LogP contribution in [0, 0.1) is 5.92 Å². The Balaban J connectivity index is 1.38. The zero-order chi connectivity index (χ0) is 14.9. The largest absolute Gasteiger partial charge is 0.440 e. The van der Waals surface area contributed by atoms with E-state index in [2.05, 4.69) is 15.6 Å². The van der Waals surface area contributed by atoms with Gasteiger partial charge in [-0.2, -0.15) is 0 Å². The Morgan fingerprint density at radius 3 is 3.05 bits per heavy atom. The number of hydrogen-bond donors (Lipinski definition) is 2. The molecule has 2 heterocycles. The summed E-state index contributed by atoms with van der Waals surface area (Å²) < 4.78 is 5.74. The number of carbonyl (C=O) groups excluding carboxylic acids is 1. The fourth-order valence-corrected chi connectivity index (χ4v) is 3.05. The first-order valence-corrected chi connectivity index (χ1v) is 8.19. The molecule has 0 spiro atoms. The van der Waals surface area contributed by atoms with Gasteiger partial charge in [0.05, 0.1) is 0 Å². The summed E-state index contributed by atoms with van der Waals surface area (Å²) in [4.78, 5) is 16.6. The van der Waals surface area contributed by atoms with Crippen molar-refractivity contribution in [1.29, 1.82) is 0 Å². The van der Waals surface area contributed by atoms with Crippen LogP contribution in [-0.4, -0.2) is 24.0 Å². The van der Waals surface area contributed by atoms with Gasteiger partial charge in [0, 0.05) is 18.0 Å². The monoisotopic (exact) mass is 299 g/mol. The van der Waals surface area contributed by atoms with Crippen LogP contribution in [0.3, 0.4) is 0 Å². The number of nitrogens with zero attached hydrogens (tertiary/aromatic N) is 1. The van der Waals surface area contributed by atoms with Crippen molar-refractivity contribution in [2.75, 3.05) is 18.4 Å². The van der Waals surface area contributed by atoms with Gasteiger partial charge < -0.3 is 15.1 Å². The van der Waals surface area contributed by atoms with Gasteiger partial charge in [-0.25, -0.2) is 4.98 Å². The summed E-state index contributed by atoms with van der Waals surface area (Å²) in [7, 11) is 0. The molecule has 116 valence electrons. The molecule has 2 aromatic rings. The highest BCUT2D eigenvalue weighted by atomic mass is 16.3. The maximum atomic E-state index is 12.1. The molecule has 1 aliphatic heterocycles. The second-order valence-electron chi connectivity index (χ2n) is 6.45. The van der Waals surface area contributed by atoms with Crippen LogP contribution in [0.25, 0.3) is 11.1 Å². The third kappa shape index (κ3) is 2.99. The Morgan fingerprint density at radius 2 is 2.27 bits per heavy atom. The summed E-state index contributed by atoms with van der Waals surface area (Å²) in [6.07, 6.45) is 5.06. The van der Waals surface area contributed by atoms with Crippen LogP contribution in [0.4, 0.5) is 5.69 Å². The molecular formula is C17H21N3O2. The lowest BCUT2D eigenvalue weighted by atomic mass is 10.0. The van der Waals surface area contributed by atoms with Crippen molar-refractivity contribution in [1.82, 2.24) is 10.3 Å². The molecule has 0 bridgehead atoms. The van der Waals surface area contributed by atoms with Crippen LogP contribution in [-0.2, 0) is 4.79 Å². The van der Waals surface area contributed by atoms with Crippen molar-refractivity contribution in [2.24, 2.45) is 5.92 Å². The average Bonchev–Trinajstić information content (AvgIpc) is 3.08. The van der Waals surface area contributed by atoms with Crippen LogP contribution in [0.15, 0.2) is 22.6 Å². The second kappa shape index (κ2) is 5.72. The first-order valence-electron chi connectivity index (χ1n) is 8.19. The number of nitrogens with one attached hydrogen (secondary N) is 2. The summed E-state index contributed by atoms with van der Waals surface area (Å²) >= 11 is 0. The van der Waals surface area contributed by atoms with Crippen molar-refractivity contribution in [2.45, 2.75) is 38.0 Å². The fourth-order valence-electron chi connectivity index (χ4n) is 3.05. The Bertz CT molecular complexity index is 684. The predicted molar refractivity (Wildman–Crippen MR) is 84.8 cm³/mol. The Kier molecular flexibility index (Phi) is 3.58. The van der Waals surface area contributed by atoms with Crippen LogP contribution in [0.5, 0.6) is 0 Å². The van der Waals surface area contributed by atoms with Gasteiger partial charge in [0.15, 0.2) is 11.5 Å². The van der Waals surface area contributed by atoms with Gasteiger partial charge in [-0.05, 0) is 62.9 Å². The number of fused-ring (bicyclic) bond motifs is 1. The number of aromatic nitrogens is 1. The zero-order valence-electron chi connectivity index (χ0n) is 12.6. The molecule has 1 aliphatic carbocycles. The molecule has 5 heteroatoms. The molecule has 1 unspecified atom stereocenters. The maximum absolute atomic E-state index is 12.1. The molecule has 1 atom stereocenters.